The highest BCUT2D eigenvalue weighted by molar-refractivity contribution is 4.71. The van der Waals surface area contributed by atoms with E-state index in [0.29, 0.717) is 19.4 Å². The maximum absolute atomic E-state index is 8.92. The van der Waals surface area contributed by atoms with Crippen molar-refractivity contribution in [3.05, 3.63) is 0 Å². The van der Waals surface area contributed by atoms with Crippen molar-refractivity contribution in [2.75, 3.05) is 13.2 Å². The Balaban J connectivity index is 2.14. The van der Waals surface area contributed by atoms with Gasteiger partial charge in [0.15, 0.2) is 0 Å². The topological polar surface area (TPSA) is 49.7 Å². The molecule has 0 bridgehead atoms. The monoisotopic (exact) mass is 132 g/mol. The molecule has 1 fully saturated rings. The van der Waals surface area contributed by atoms with Crippen LogP contribution in [0.5, 0.6) is 0 Å². The summed E-state index contributed by atoms with van der Waals surface area (Å²) < 4.78 is 5.10. The zero-order valence-corrected chi connectivity index (χ0v) is 5.29. The number of aliphatic hydroxyl groups excluding tert-OH is 2. The van der Waals surface area contributed by atoms with Gasteiger partial charge in [-0.15, -0.1) is 0 Å². The summed E-state index contributed by atoms with van der Waals surface area (Å²) in [5.74, 6) is 0. The molecule has 9 heavy (non-hydrogen) atoms. The first-order chi connectivity index (χ1) is 4.33. The lowest BCUT2D eigenvalue weighted by Gasteiger charge is -2.03. The van der Waals surface area contributed by atoms with Gasteiger partial charge in [-0.2, -0.15) is 0 Å². The van der Waals surface area contributed by atoms with Crippen LogP contribution in [0.2, 0.25) is 0 Å². The van der Waals surface area contributed by atoms with Crippen LogP contribution in [-0.4, -0.2) is 35.6 Å². The van der Waals surface area contributed by atoms with Gasteiger partial charge in [0.2, 0.25) is 0 Å². The van der Waals surface area contributed by atoms with Gasteiger partial charge in [0.25, 0.3) is 0 Å². The summed E-state index contributed by atoms with van der Waals surface area (Å²) in [4.78, 5) is 0. The maximum Gasteiger partial charge on any atom is 0.0798 e. The van der Waals surface area contributed by atoms with E-state index in [2.05, 4.69) is 0 Å². The Labute approximate surface area is 54.3 Å². The highest BCUT2D eigenvalue weighted by atomic mass is 16.5. The van der Waals surface area contributed by atoms with Crippen molar-refractivity contribution in [3.8, 4) is 0 Å². The number of aliphatic hydroxyl groups is 2. The average molecular weight is 132 g/mol. The first kappa shape index (κ1) is 6.99. The van der Waals surface area contributed by atoms with Gasteiger partial charge >= 0.3 is 0 Å². The molecule has 1 rings (SSSR count). The van der Waals surface area contributed by atoms with Crippen LogP contribution in [0.25, 0.3) is 0 Å². The van der Waals surface area contributed by atoms with Crippen LogP contribution in [0.15, 0.2) is 0 Å². The largest absolute Gasteiger partial charge is 0.396 e. The maximum atomic E-state index is 8.92. The van der Waals surface area contributed by atoms with Crippen molar-refractivity contribution >= 4 is 0 Å². The molecule has 0 radical (unpaired) electrons. The standard InChI is InChI=1S/C6H12O3/c7-2-1-6-3-5(8)4-9-6/h5-8H,1-4H2. The number of rotatable bonds is 2. The third-order valence-corrected chi connectivity index (χ3v) is 1.51. The van der Waals surface area contributed by atoms with E-state index in [1.807, 2.05) is 0 Å². The van der Waals surface area contributed by atoms with Gasteiger partial charge in [0, 0.05) is 13.0 Å². The fourth-order valence-electron chi connectivity index (χ4n) is 1.03. The van der Waals surface area contributed by atoms with Crippen molar-refractivity contribution < 1.29 is 14.9 Å². The van der Waals surface area contributed by atoms with Crippen molar-refractivity contribution in [2.24, 2.45) is 0 Å². The van der Waals surface area contributed by atoms with Crippen LogP contribution >= 0.6 is 0 Å². The predicted octanol–water partition coefficient (Wildman–Crippen LogP) is -0.481. The highest BCUT2D eigenvalue weighted by Crippen LogP contribution is 2.14. The summed E-state index contributed by atoms with van der Waals surface area (Å²) in [6.07, 6.45) is 1.11. The average Bonchev–Trinajstić information content (AvgIpc) is 2.17. The van der Waals surface area contributed by atoms with Gasteiger partial charge in [0.05, 0.1) is 18.8 Å². The molecule has 54 valence electrons. The van der Waals surface area contributed by atoms with Crippen LogP contribution in [0.3, 0.4) is 0 Å². The lowest BCUT2D eigenvalue weighted by atomic mass is 10.2. The summed E-state index contributed by atoms with van der Waals surface area (Å²) in [7, 11) is 0. The van der Waals surface area contributed by atoms with Crippen molar-refractivity contribution in [3.63, 3.8) is 0 Å². The molecule has 0 aromatic rings. The molecule has 1 aliphatic rings. The van der Waals surface area contributed by atoms with E-state index in [0.717, 1.165) is 0 Å². The van der Waals surface area contributed by atoms with Gasteiger partial charge in [-0.3, -0.25) is 0 Å². The summed E-state index contributed by atoms with van der Waals surface area (Å²) in [6.45, 7) is 0.585. The van der Waals surface area contributed by atoms with E-state index in [4.69, 9.17) is 14.9 Å². The van der Waals surface area contributed by atoms with Gasteiger partial charge in [0.1, 0.15) is 0 Å². The Morgan fingerprint density at radius 3 is 2.78 bits per heavy atom. The van der Waals surface area contributed by atoms with E-state index < -0.39 is 0 Å². The molecule has 0 aromatic heterocycles. The number of hydrogen-bond acceptors (Lipinski definition) is 3. The minimum atomic E-state index is -0.304. The third kappa shape index (κ3) is 1.93. The van der Waals surface area contributed by atoms with Gasteiger partial charge in [-0.25, -0.2) is 0 Å². The molecule has 3 nitrogen and oxygen atoms in total. The summed E-state index contributed by atoms with van der Waals surface area (Å²) in [6, 6.07) is 0. The SMILES string of the molecule is OCCC1CC(O)CO1. The van der Waals surface area contributed by atoms with E-state index in [-0.39, 0.29) is 18.8 Å². The fraction of sp³-hybridized carbons (Fsp3) is 1.00. The Morgan fingerprint density at radius 1 is 1.56 bits per heavy atom. The first-order valence-corrected chi connectivity index (χ1v) is 3.23. The molecular weight excluding hydrogens is 120 g/mol. The molecule has 0 aromatic carbocycles. The second-order valence-electron chi connectivity index (χ2n) is 2.36. The molecular formula is C6H12O3. The molecule has 1 heterocycles. The number of hydrogen-bond donors (Lipinski definition) is 2. The molecule has 0 aliphatic carbocycles. The summed E-state index contributed by atoms with van der Waals surface area (Å²) in [5, 5.41) is 17.4. The molecule has 1 saturated heterocycles. The Bertz CT molecular complexity index is 82.4. The minimum Gasteiger partial charge on any atom is -0.396 e. The molecule has 0 spiro atoms. The Kier molecular flexibility index (Phi) is 2.45. The molecule has 0 amide bonds. The number of ether oxygens (including phenoxy) is 1. The molecule has 0 saturated carbocycles. The van der Waals surface area contributed by atoms with Gasteiger partial charge < -0.3 is 14.9 Å². The zero-order chi connectivity index (χ0) is 6.69. The van der Waals surface area contributed by atoms with Crippen LogP contribution in [0.4, 0.5) is 0 Å². The quantitative estimate of drug-likeness (QED) is 0.533. The normalized spacial score (nSPS) is 35.3. The molecule has 3 heteroatoms. The van der Waals surface area contributed by atoms with E-state index in [1.165, 1.54) is 0 Å². The third-order valence-electron chi connectivity index (χ3n) is 1.51. The second kappa shape index (κ2) is 3.15. The van der Waals surface area contributed by atoms with Crippen LogP contribution in [-0.2, 0) is 4.74 Å². The minimum absolute atomic E-state index is 0.0880. The highest BCUT2D eigenvalue weighted by Gasteiger charge is 2.22. The van der Waals surface area contributed by atoms with Crippen molar-refractivity contribution in [1.82, 2.24) is 0 Å². The Hall–Kier alpha value is -0.120. The first-order valence-electron chi connectivity index (χ1n) is 3.23. The smallest absolute Gasteiger partial charge is 0.0798 e. The summed E-state index contributed by atoms with van der Waals surface area (Å²) >= 11 is 0. The zero-order valence-electron chi connectivity index (χ0n) is 5.29. The van der Waals surface area contributed by atoms with E-state index >= 15 is 0 Å². The lowest BCUT2D eigenvalue weighted by molar-refractivity contribution is 0.0732. The van der Waals surface area contributed by atoms with Crippen LogP contribution in [0.1, 0.15) is 12.8 Å². The Morgan fingerprint density at radius 2 is 2.33 bits per heavy atom. The van der Waals surface area contributed by atoms with Crippen LogP contribution in [0, 0.1) is 0 Å². The van der Waals surface area contributed by atoms with E-state index in [9.17, 15) is 0 Å². The predicted molar refractivity (Wildman–Crippen MR) is 32.1 cm³/mol. The second-order valence-corrected chi connectivity index (χ2v) is 2.36. The van der Waals surface area contributed by atoms with Crippen molar-refractivity contribution in [1.29, 1.82) is 0 Å². The lowest BCUT2D eigenvalue weighted by Crippen LogP contribution is -2.08. The molecule has 2 N–H and O–H groups in total. The summed E-state index contributed by atoms with van der Waals surface area (Å²) in [5.41, 5.74) is 0. The van der Waals surface area contributed by atoms with Gasteiger partial charge in [-0.1, -0.05) is 0 Å². The molecule has 2 unspecified atom stereocenters. The van der Waals surface area contributed by atoms with E-state index in [1.54, 1.807) is 0 Å². The van der Waals surface area contributed by atoms with Crippen LogP contribution < -0.4 is 0 Å². The fourth-order valence-corrected chi connectivity index (χ4v) is 1.03. The van der Waals surface area contributed by atoms with Gasteiger partial charge in [-0.05, 0) is 6.42 Å². The van der Waals surface area contributed by atoms with Crippen molar-refractivity contribution in [2.45, 2.75) is 25.0 Å². The molecule has 1 aliphatic heterocycles. The molecule has 2 atom stereocenters.